The molecule has 1 fully saturated rings. The van der Waals surface area contributed by atoms with Crippen molar-refractivity contribution in [2.45, 2.75) is 44.0 Å². The van der Waals surface area contributed by atoms with Crippen LogP contribution in [0.2, 0.25) is 0 Å². The van der Waals surface area contributed by atoms with Gasteiger partial charge < -0.3 is 5.32 Å². The number of amides is 1. The first kappa shape index (κ1) is 21.6. The second-order valence-corrected chi connectivity index (χ2v) is 10.3. The Morgan fingerprint density at radius 2 is 1.94 bits per heavy atom. The number of aryl methyl sites for hydroxylation is 1. The van der Waals surface area contributed by atoms with Crippen molar-refractivity contribution >= 4 is 33.0 Å². The third-order valence-corrected chi connectivity index (χ3v) is 8.04. The monoisotopic (exact) mass is 460 g/mol. The molecule has 0 unspecified atom stereocenters. The van der Waals surface area contributed by atoms with E-state index >= 15 is 0 Å². The third kappa shape index (κ3) is 5.00. The van der Waals surface area contributed by atoms with Crippen LogP contribution in [0.4, 0.5) is 5.69 Å². The average Bonchev–Trinajstić information content (AvgIpc) is 3.35. The van der Waals surface area contributed by atoms with E-state index < -0.39 is 10.0 Å². The predicted molar refractivity (Wildman–Crippen MR) is 118 cm³/mol. The lowest BCUT2D eigenvalue weighted by Crippen LogP contribution is -2.32. The van der Waals surface area contributed by atoms with Gasteiger partial charge in [0.2, 0.25) is 21.8 Å². The van der Waals surface area contributed by atoms with E-state index in [-0.39, 0.29) is 17.3 Å². The molecule has 1 aliphatic rings. The molecule has 4 rings (SSSR count). The number of tetrazole rings is 1. The first-order valence-electron chi connectivity index (χ1n) is 10.2. The van der Waals surface area contributed by atoms with Crippen molar-refractivity contribution in [2.24, 2.45) is 0 Å². The van der Waals surface area contributed by atoms with Crippen LogP contribution in [0.25, 0.3) is 10.7 Å². The molecule has 0 bridgehead atoms. The standard InChI is InChI=1S/C20H24N6O3S2/c1-15-8-9-16(13-18(15)31(28,29)25-10-4-2-3-5-11-25)21-19(27)14-26-23-20(22-24-26)17-7-6-12-30-17/h6-9,12-13H,2-5,10-11,14H2,1H3,(H,21,27). The summed E-state index contributed by atoms with van der Waals surface area (Å²) in [6.07, 6.45) is 3.83. The summed E-state index contributed by atoms with van der Waals surface area (Å²) in [5.41, 5.74) is 1.07. The van der Waals surface area contributed by atoms with Gasteiger partial charge in [0.15, 0.2) is 0 Å². The Kier molecular flexibility index (Phi) is 6.44. The molecule has 0 radical (unpaired) electrons. The Labute approximate surface area is 185 Å². The second-order valence-electron chi connectivity index (χ2n) is 7.47. The topological polar surface area (TPSA) is 110 Å². The smallest absolute Gasteiger partial charge is 0.248 e. The molecular formula is C20H24N6O3S2. The summed E-state index contributed by atoms with van der Waals surface area (Å²) in [5.74, 6) is 0.0982. The van der Waals surface area contributed by atoms with Gasteiger partial charge >= 0.3 is 0 Å². The van der Waals surface area contributed by atoms with Gasteiger partial charge in [-0.25, -0.2) is 8.42 Å². The minimum absolute atomic E-state index is 0.125. The lowest BCUT2D eigenvalue weighted by atomic mass is 10.2. The Hall–Kier alpha value is -2.63. The minimum atomic E-state index is -3.61. The number of nitrogens with one attached hydrogen (secondary N) is 1. The number of rotatable bonds is 6. The highest BCUT2D eigenvalue weighted by Gasteiger charge is 2.27. The molecule has 1 aromatic carbocycles. The van der Waals surface area contributed by atoms with Gasteiger partial charge in [-0.05, 0) is 54.1 Å². The van der Waals surface area contributed by atoms with Crippen molar-refractivity contribution < 1.29 is 13.2 Å². The van der Waals surface area contributed by atoms with Crippen LogP contribution in [0.1, 0.15) is 31.2 Å². The zero-order valence-electron chi connectivity index (χ0n) is 17.2. The predicted octanol–water partition coefficient (Wildman–Crippen LogP) is 2.91. The summed E-state index contributed by atoms with van der Waals surface area (Å²) >= 11 is 1.49. The fourth-order valence-electron chi connectivity index (χ4n) is 3.52. The van der Waals surface area contributed by atoms with Crippen LogP contribution in [0.5, 0.6) is 0 Å². The van der Waals surface area contributed by atoms with Gasteiger partial charge in [0.1, 0.15) is 6.54 Å². The number of carbonyl (C=O) groups is 1. The van der Waals surface area contributed by atoms with Gasteiger partial charge in [-0.1, -0.05) is 25.0 Å². The van der Waals surface area contributed by atoms with E-state index in [9.17, 15) is 13.2 Å². The molecule has 11 heteroatoms. The second kappa shape index (κ2) is 9.25. The SMILES string of the molecule is Cc1ccc(NC(=O)Cn2nnc(-c3cccs3)n2)cc1S(=O)(=O)N1CCCCCC1. The van der Waals surface area contributed by atoms with E-state index in [0.717, 1.165) is 30.6 Å². The van der Waals surface area contributed by atoms with Crippen molar-refractivity contribution in [3.8, 4) is 10.7 Å². The quantitative estimate of drug-likeness (QED) is 0.606. The van der Waals surface area contributed by atoms with Crippen LogP contribution in [-0.4, -0.2) is 51.9 Å². The number of benzene rings is 1. The van der Waals surface area contributed by atoms with E-state index in [1.54, 1.807) is 23.4 Å². The van der Waals surface area contributed by atoms with E-state index in [0.29, 0.717) is 30.2 Å². The lowest BCUT2D eigenvalue weighted by Gasteiger charge is -2.21. The maximum absolute atomic E-state index is 13.2. The summed E-state index contributed by atoms with van der Waals surface area (Å²) < 4.78 is 27.9. The number of nitrogens with zero attached hydrogens (tertiary/aromatic N) is 5. The number of hydrogen-bond donors (Lipinski definition) is 1. The summed E-state index contributed by atoms with van der Waals surface area (Å²) in [6.45, 7) is 2.70. The molecule has 1 amide bonds. The number of anilines is 1. The highest BCUT2D eigenvalue weighted by Crippen LogP contribution is 2.26. The first-order valence-corrected chi connectivity index (χ1v) is 12.5. The molecule has 0 atom stereocenters. The van der Waals surface area contributed by atoms with Crippen molar-refractivity contribution in [2.75, 3.05) is 18.4 Å². The maximum atomic E-state index is 13.2. The number of aromatic nitrogens is 4. The summed E-state index contributed by atoms with van der Waals surface area (Å²) in [4.78, 5) is 14.8. The molecule has 3 aromatic rings. The molecule has 3 heterocycles. The van der Waals surface area contributed by atoms with Gasteiger partial charge in [0.25, 0.3) is 0 Å². The molecule has 31 heavy (non-hydrogen) atoms. The highest BCUT2D eigenvalue weighted by molar-refractivity contribution is 7.89. The molecule has 164 valence electrons. The Bertz CT molecular complexity index is 1150. The van der Waals surface area contributed by atoms with Crippen LogP contribution in [0.3, 0.4) is 0 Å². The summed E-state index contributed by atoms with van der Waals surface area (Å²) in [7, 11) is -3.61. The van der Waals surface area contributed by atoms with E-state index in [2.05, 4.69) is 20.7 Å². The molecule has 1 aliphatic heterocycles. The molecule has 0 aliphatic carbocycles. The normalized spacial score (nSPS) is 15.5. The van der Waals surface area contributed by atoms with Crippen molar-refractivity contribution in [1.82, 2.24) is 24.5 Å². The molecular weight excluding hydrogens is 436 g/mol. The summed E-state index contributed by atoms with van der Waals surface area (Å²) in [6, 6.07) is 8.70. The highest BCUT2D eigenvalue weighted by atomic mass is 32.2. The molecule has 0 spiro atoms. The van der Waals surface area contributed by atoms with Crippen molar-refractivity contribution in [3.63, 3.8) is 0 Å². The number of sulfonamides is 1. The van der Waals surface area contributed by atoms with E-state index in [1.807, 2.05) is 17.5 Å². The molecule has 2 aromatic heterocycles. The van der Waals surface area contributed by atoms with Crippen molar-refractivity contribution in [1.29, 1.82) is 0 Å². The third-order valence-electron chi connectivity index (χ3n) is 5.13. The van der Waals surface area contributed by atoms with Crippen LogP contribution >= 0.6 is 11.3 Å². The van der Waals surface area contributed by atoms with E-state index in [4.69, 9.17) is 0 Å². The molecule has 1 saturated heterocycles. The van der Waals surface area contributed by atoms with Gasteiger partial charge in [0, 0.05) is 18.8 Å². The number of hydrogen-bond acceptors (Lipinski definition) is 7. The zero-order chi connectivity index (χ0) is 21.8. The van der Waals surface area contributed by atoms with Crippen LogP contribution in [0.15, 0.2) is 40.6 Å². The van der Waals surface area contributed by atoms with Gasteiger partial charge in [-0.15, -0.1) is 21.5 Å². The van der Waals surface area contributed by atoms with Gasteiger partial charge in [-0.3, -0.25) is 4.79 Å². The molecule has 0 saturated carbocycles. The Morgan fingerprint density at radius 3 is 2.65 bits per heavy atom. The first-order chi connectivity index (χ1) is 14.9. The zero-order valence-corrected chi connectivity index (χ0v) is 18.8. The summed E-state index contributed by atoms with van der Waals surface area (Å²) in [5, 5.41) is 16.7. The van der Waals surface area contributed by atoms with E-state index in [1.165, 1.54) is 22.2 Å². The van der Waals surface area contributed by atoms with Crippen LogP contribution in [0, 0.1) is 6.92 Å². The Morgan fingerprint density at radius 1 is 1.16 bits per heavy atom. The van der Waals surface area contributed by atoms with Gasteiger partial charge in [-0.2, -0.15) is 9.10 Å². The number of carbonyl (C=O) groups excluding carboxylic acids is 1. The fourth-order valence-corrected chi connectivity index (χ4v) is 5.94. The molecule has 9 nitrogen and oxygen atoms in total. The minimum Gasteiger partial charge on any atom is -0.324 e. The lowest BCUT2D eigenvalue weighted by molar-refractivity contribution is -0.117. The van der Waals surface area contributed by atoms with Gasteiger partial charge in [0.05, 0.1) is 9.77 Å². The van der Waals surface area contributed by atoms with Crippen LogP contribution in [-0.2, 0) is 21.4 Å². The van der Waals surface area contributed by atoms with Crippen molar-refractivity contribution in [3.05, 3.63) is 41.3 Å². The maximum Gasteiger partial charge on any atom is 0.248 e. The fraction of sp³-hybridized carbons (Fsp3) is 0.400. The Balaban J connectivity index is 1.47. The number of thiophene rings is 1. The average molecular weight is 461 g/mol. The molecule has 1 N–H and O–H groups in total. The van der Waals surface area contributed by atoms with Crippen LogP contribution < -0.4 is 5.32 Å². The largest absolute Gasteiger partial charge is 0.324 e.